The van der Waals surface area contributed by atoms with Crippen LogP contribution in [0.25, 0.3) is 0 Å². The SMILES string of the molecule is Cl.O=C(c1cc(Cl)ccc1I)N1CCCNCC1. The molecule has 0 spiro atoms. The van der Waals surface area contributed by atoms with E-state index >= 15 is 0 Å². The van der Waals surface area contributed by atoms with Gasteiger partial charge in [0.25, 0.3) is 5.91 Å². The second-order valence-electron chi connectivity index (χ2n) is 4.02. The Balaban J connectivity index is 0.00000162. The summed E-state index contributed by atoms with van der Waals surface area (Å²) in [5, 5.41) is 3.90. The summed E-state index contributed by atoms with van der Waals surface area (Å²) >= 11 is 8.12. The van der Waals surface area contributed by atoms with Crippen LogP contribution in [-0.4, -0.2) is 37.0 Å². The van der Waals surface area contributed by atoms with Gasteiger partial charge in [-0.2, -0.15) is 0 Å². The number of carbonyl (C=O) groups is 1. The van der Waals surface area contributed by atoms with E-state index in [1.807, 2.05) is 17.0 Å². The molecule has 0 radical (unpaired) electrons. The zero-order chi connectivity index (χ0) is 12.3. The Hall–Kier alpha value is -0.0400. The molecule has 18 heavy (non-hydrogen) atoms. The Morgan fingerprint density at radius 2 is 2.11 bits per heavy atom. The van der Waals surface area contributed by atoms with Crippen molar-refractivity contribution < 1.29 is 4.79 Å². The molecule has 0 saturated carbocycles. The molecular weight excluding hydrogens is 386 g/mol. The fourth-order valence-electron chi connectivity index (χ4n) is 1.88. The first-order chi connectivity index (χ1) is 8.18. The summed E-state index contributed by atoms with van der Waals surface area (Å²) in [6.45, 7) is 3.43. The number of hydrogen-bond donors (Lipinski definition) is 1. The van der Waals surface area contributed by atoms with Crippen molar-refractivity contribution in [2.45, 2.75) is 6.42 Å². The number of carbonyl (C=O) groups excluding carboxylic acids is 1. The van der Waals surface area contributed by atoms with E-state index in [1.165, 1.54) is 0 Å². The summed E-state index contributed by atoms with van der Waals surface area (Å²) in [6.07, 6.45) is 1.00. The van der Waals surface area contributed by atoms with Crippen LogP contribution in [0.4, 0.5) is 0 Å². The second-order valence-corrected chi connectivity index (χ2v) is 5.62. The minimum Gasteiger partial charge on any atom is -0.337 e. The van der Waals surface area contributed by atoms with Gasteiger partial charge in [0.15, 0.2) is 0 Å². The van der Waals surface area contributed by atoms with Crippen LogP contribution in [0, 0.1) is 3.57 Å². The van der Waals surface area contributed by atoms with Gasteiger partial charge in [-0.05, 0) is 53.8 Å². The van der Waals surface area contributed by atoms with Crippen LogP contribution in [0.5, 0.6) is 0 Å². The molecule has 1 aliphatic rings. The molecule has 0 atom stereocenters. The number of nitrogens with zero attached hydrogens (tertiary/aromatic N) is 1. The standard InChI is InChI=1S/C12H14ClIN2O.ClH/c13-9-2-3-11(14)10(8-9)12(17)16-6-1-4-15-5-7-16;/h2-3,8,15H,1,4-7H2;1H. The molecule has 1 aromatic rings. The van der Waals surface area contributed by atoms with Crippen LogP contribution in [0.3, 0.4) is 0 Å². The maximum absolute atomic E-state index is 12.4. The van der Waals surface area contributed by atoms with E-state index in [0.717, 1.165) is 36.2 Å². The third kappa shape index (κ3) is 3.98. The molecule has 0 unspecified atom stereocenters. The molecule has 0 aromatic heterocycles. The van der Waals surface area contributed by atoms with Crippen LogP contribution in [0.1, 0.15) is 16.8 Å². The molecule has 1 aromatic carbocycles. The number of halogens is 3. The molecule has 0 bridgehead atoms. The minimum absolute atomic E-state index is 0. The van der Waals surface area contributed by atoms with E-state index in [4.69, 9.17) is 11.6 Å². The van der Waals surface area contributed by atoms with Crippen molar-refractivity contribution >= 4 is 52.5 Å². The molecule has 1 aliphatic heterocycles. The third-order valence-electron chi connectivity index (χ3n) is 2.79. The second kappa shape index (κ2) is 7.53. The van der Waals surface area contributed by atoms with Crippen molar-refractivity contribution in [2.75, 3.05) is 26.2 Å². The van der Waals surface area contributed by atoms with Crippen molar-refractivity contribution in [1.29, 1.82) is 0 Å². The van der Waals surface area contributed by atoms with Gasteiger partial charge in [0, 0.05) is 28.2 Å². The van der Waals surface area contributed by atoms with Crippen molar-refractivity contribution in [3.05, 3.63) is 32.4 Å². The summed E-state index contributed by atoms with van der Waals surface area (Å²) in [5.74, 6) is 0.0839. The monoisotopic (exact) mass is 400 g/mol. The number of benzene rings is 1. The van der Waals surface area contributed by atoms with Crippen LogP contribution in [-0.2, 0) is 0 Å². The first kappa shape index (κ1) is 16.0. The van der Waals surface area contributed by atoms with Gasteiger partial charge >= 0.3 is 0 Å². The third-order valence-corrected chi connectivity index (χ3v) is 3.96. The molecule has 100 valence electrons. The highest BCUT2D eigenvalue weighted by Gasteiger charge is 2.19. The summed E-state index contributed by atoms with van der Waals surface area (Å²) in [4.78, 5) is 14.3. The highest BCUT2D eigenvalue weighted by atomic mass is 127. The maximum atomic E-state index is 12.4. The quantitative estimate of drug-likeness (QED) is 0.735. The molecule has 3 nitrogen and oxygen atoms in total. The van der Waals surface area contributed by atoms with E-state index < -0.39 is 0 Å². The molecular formula is C12H15Cl2IN2O. The normalized spacial score (nSPS) is 15.8. The zero-order valence-electron chi connectivity index (χ0n) is 9.79. The molecule has 1 saturated heterocycles. The molecule has 1 amide bonds. The Labute approximate surface area is 132 Å². The summed E-state index contributed by atoms with van der Waals surface area (Å²) < 4.78 is 0.953. The fourth-order valence-corrected chi connectivity index (χ4v) is 2.62. The largest absolute Gasteiger partial charge is 0.337 e. The first-order valence-electron chi connectivity index (χ1n) is 5.63. The Morgan fingerprint density at radius 3 is 2.89 bits per heavy atom. The van der Waals surface area contributed by atoms with Crippen molar-refractivity contribution in [3.8, 4) is 0 Å². The van der Waals surface area contributed by atoms with Gasteiger partial charge in [-0.3, -0.25) is 4.79 Å². The van der Waals surface area contributed by atoms with Crippen LogP contribution < -0.4 is 5.32 Å². The summed E-state index contributed by atoms with van der Waals surface area (Å²) in [5.41, 5.74) is 0.708. The van der Waals surface area contributed by atoms with Crippen LogP contribution in [0.2, 0.25) is 5.02 Å². The van der Waals surface area contributed by atoms with Crippen molar-refractivity contribution in [2.24, 2.45) is 0 Å². The van der Waals surface area contributed by atoms with E-state index in [-0.39, 0.29) is 18.3 Å². The average molecular weight is 401 g/mol. The Bertz CT molecular complexity index is 421. The molecule has 1 N–H and O–H groups in total. The van der Waals surface area contributed by atoms with Crippen LogP contribution in [0.15, 0.2) is 18.2 Å². The van der Waals surface area contributed by atoms with Gasteiger partial charge in [0.2, 0.25) is 0 Å². The average Bonchev–Trinajstić information content (AvgIpc) is 2.60. The van der Waals surface area contributed by atoms with E-state index in [2.05, 4.69) is 27.9 Å². The Morgan fingerprint density at radius 1 is 1.33 bits per heavy atom. The lowest BCUT2D eigenvalue weighted by Gasteiger charge is -2.20. The lowest BCUT2D eigenvalue weighted by atomic mass is 10.2. The van der Waals surface area contributed by atoms with Crippen LogP contribution >= 0.6 is 46.6 Å². The molecule has 2 rings (SSSR count). The molecule has 6 heteroatoms. The topological polar surface area (TPSA) is 32.3 Å². The predicted molar refractivity (Wildman–Crippen MR) is 84.8 cm³/mol. The van der Waals surface area contributed by atoms with E-state index in [0.29, 0.717) is 10.6 Å². The lowest BCUT2D eigenvalue weighted by Crippen LogP contribution is -2.34. The van der Waals surface area contributed by atoms with Gasteiger partial charge in [-0.25, -0.2) is 0 Å². The Kier molecular flexibility index (Phi) is 6.70. The van der Waals surface area contributed by atoms with Gasteiger partial charge in [-0.1, -0.05) is 11.6 Å². The summed E-state index contributed by atoms with van der Waals surface area (Å²) in [7, 11) is 0. The van der Waals surface area contributed by atoms with Crippen molar-refractivity contribution in [1.82, 2.24) is 10.2 Å². The zero-order valence-corrected chi connectivity index (χ0v) is 13.5. The smallest absolute Gasteiger partial charge is 0.255 e. The first-order valence-corrected chi connectivity index (χ1v) is 7.09. The number of amides is 1. The molecule has 1 fully saturated rings. The van der Waals surface area contributed by atoms with Crippen molar-refractivity contribution in [3.63, 3.8) is 0 Å². The lowest BCUT2D eigenvalue weighted by molar-refractivity contribution is 0.0765. The molecule has 1 heterocycles. The van der Waals surface area contributed by atoms with E-state index in [9.17, 15) is 4.79 Å². The maximum Gasteiger partial charge on any atom is 0.255 e. The number of nitrogens with one attached hydrogen (secondary N) is 1. The van der Waals surface area contributed by atoms with Gasteiger partial charge in [0.05, 0.1) is 5.56 Å². The van der Waals surface area contributed by atoms with Gasteiger partial charge < -0.3 is 10.2 Å². The van der Waals surface area contributed by atoms with Gasteiger partial charge in [0.1, 0.15) is 0 Å². The fraction of sp³-hybridized carbons (Fsp3) is 0.417. The van der Waals surface area contributed by atoms with E-state index in [1.54, 1.807) is 6.07 Å². The molecule has 0 aliphatic carbocycles. The van der Waals surface area contributed by atoms with Gasteiger partial charge in [-0.15, -0.1) is 12.4 Å². The minimum atomic E-state index is 0. The summed E-state index contributed by atoms with van der Waals surface area (Å²) in [6, 6.07) is 5.44. The number of hydrogen-bond acceptors (Lipinski definition) is 2. The highest BCUT2D eigenvalue weighted by Crippen LogP contribution is 2.19. The predicted octanol–water partition coefficient (Wildman–Crippen LogP) is 2.80. The highest BCUT2D eigenvalue weighted by molar-refractivity contribution is 14.1. The number of rotatable bonds is 1.